The molecule has 186 valence electrons. The summed E-state index contributed by atoms with van der Waals surface area (Å²) >= 11 is 0. The molecular weight excluding hydrogens is 438 g/mol. The third-order valence-corrected chi connectivity index (χ3v) is 6.77. The normalized spacial score (nSPS) is 29.2. The Labute approximate surface area is 201 Å². The summed E-state index contributed by atoms with van der Waals surface area (Å²) in [7, 11) is 6.61. The summed E-state index contributed by atoms with van der Waals surface area (Å²) in [5, 5.41) is 9.33. The zero-order chi connectivity index (χ0) is 24.8. The Kier molecular flexibility index (Phi) is 8.89. The highest BCUT2D eigenvalue weighted by Gasteiger charge is 2.35. The molecular formula is C25H35N3O6. The van der Waals surface area contributed by atoms with Crippen LogP contribution in [0.2, 0.25) is 0 Å². The molecule has 0 aromatic heterocycles. The van der Waals surface area contributed by atoms with E-state index in [2.05, 4.69) is 6.07 Å². The molecule has 2 heterocycles. The van der Waals surface area contributed by atoms with Crippen LogP contribution in [-0.4, -0.2) is 94.0 Å². The van der Waals surface area contributed by atoms with Crippen molar-refractivity contribution in [3.63, 3.8) is 0 Å². The number of nitriles is 1. The van der Waals surface area contributed by atoms with E-state index >= 15 is 0 Å². The van der Waals surface area contributed by atoms with Crippen LogP contribution in [0, 0.1) is 17.2 Å². The number of amides is 2. The molecule has 0 spiro atoms. The van der Waals surface area contributed by atoms with Crippen molar-refractivity contribution in [2.45, 2.75) is 50.6 Å². The van der Waals surface area contributed by atoms with Gasteiger partial charge >= 0.3 is 0 Å². The minimum absolute atomic E-state index is 0.0443. The number of rotatable bonds is 2. The maximum absolute atomic E-state index is 13.3. The van der Waals surface area contributed by atoms with E-state index in [1.54, 1.807) is 45.2 Å². The molecule has 1 saturated heterocycles. The number of likely N-dealkylation sites (N-methyl/N-ethyl adjacent to an activating group) is 2. The third kappa shape index (κ3) is 5.87. The zero-order valence-corrected chi connectivity index (χ0v) is 20.7. The smallest absolute Gasteiger partial charge is 0.257 e. The Morgan fingerprint density at radius 3 is 2.44 bits per heavy atom. The van der Waals surface area contributed by atoms with Crippen molar-refractivity contribution in [2.24, 2.45) is 5.92 Å². The van der Waals surface area contributed by atoms with Crippen LogP contribution >= 0.6 is 0 Å². The Bertz CT molecular complexity index is 916. The summed E-state index contributed by atoms with van der Waals surface area (Å²) in [5.41, 5.74) is 0.678. The number of carbonyl (C=O) groups is 2. The summed E-state index contributed by atoms with van der Waals surface area (Å²) in [6.45, 7) is 2.77. The van der Waals surface area contributed by atoms with Crippen molar-refractivity contribution in [3.05, 3.63) is 29.3 Å². The molecule has 34 heavy (non-hydrogen) atoms. The van der Waals surface area contributed by atoms with Crippen molar-refractivity contribution in [3.8, 4) is 11.8 Å². The van der Waals surface area contributed by atoms with Crippen LogP contribution in [0.1, 0.15) is 42.1 Å². The summed E-state index contributed by atoms with van der Waals surface area (Å²) < 4.78 is 23.6. The SMILES string of the molecule is CO[C@H]1CC[C@@H]2CCOc3ccc(C#N)cc3C(=O)N(C)C[C@H](OC)[C@@H](C)C(=O)N(C)C[C@H]1O2. The van der Waals surface area contributed by atoms with Crippen LogP contribution in [0.4, 0.5) is 0 Å². The van der Waals surface area contributed by atoms with Gasteiger partial charge in [-0.3, -0.25) is 9.59 Å². The molecule has 2 amide bonds. The molecule has 0 radical (unpaired) electrons. The average molecular weight is 474 g/mol. The standard InChI is InChI=1S/C25H35N3O6/c1-16-22(32-5)14-28(3)25(30)19-12-17(13-26)6-8-20(19)33-11-10-18-7-9-21(31-4)23(34-18)15-27(2)24(16)29/h6,8,12,16,18,21-23H,7,9-11,14-15H2,1-5H3/t16-,18-,21+,22+,23-/m1/s1. The molecule has 2 aliphatic rings. The molecule has 0 aliphatic carbocycles. The third-order valence-electron chi connectivity index (χ3n) is 6.77. The molecule has 0 saturated carbocycles. The highest BCUT2D eigenvalue weighted by atomic mass is 16.5. The van der Waals surface area contributed by atoms with E-state index in [-0.39, 0.29) is 36.7 Å². The van der Waals surface area contributed by atoms with Crippen molar-refractivity contribution in [2.75, 3.05) is 48.0 Å². The van der Waals surface area contributed by atoms with Gasteiger partial charge < -0.3 is 28.7 Å². The topological polar surface area (TPSA) is 101 Å². The van der Waals surface area contributed by atoms with Gasteiger partial charge in [0.05, 0.1) is 48.0 Å². The molecule has 2 bridgehead atoms. The van der Waals surface area contributed by atoms with Crippen molar-refractivity contribution in [1.29, 1.82) is 5.26 Å². The first-order chi connectivity index (χ1) is 16.3. The van der Waals surface area contributed by atoms with Crippen LogP contribution in [0.5, 0.6) is 5.75 Å². The van der Waals surface area contributed by atoms with E-state index < -0.39 is 12.0 Å². The van der Waals surface area contributed by atoms with Gasteiger partial charge in [-0.25, -0.2) is 0 Å². The fourth-order valence-corrected chi connectivity index (χ4v) is 4.64. The van der Waals surface area contributed by atoms with Crippen LogP contribution in [0.3, 0.4) is 0 Å². The highest BCUT2D eigenvalue weighted by molar-refractivity contribution is 5.97. The highest BCUT2D eigenvalue weighted by Crippen LogP contribution is 2.27. The van der Waals surface area contributed by atoms with Gasteiger partial charge in [0.15, 0.2) is 0 Å². The number of ether oxygens (including phenoxy) is 4. The van der Waals surface area contributed by atoms with Crippen molar-refractivity contribution in [1.82, 2.24) is 9.80 Å². The van der Waals surface area contributed by atoms with Crippen LogP contribution in [-0.2, 0) is 19.0 Å². The second kappa shape index (κ2) is 11.6. The number of hydrogen-bond acceptors (Lipinski definition) is 7. The molecule has 9 heteroatoms. The van der Waals surface area contributed by atoms with Gasteiger partial charge in [-0.1, -0.05) is 6.92 Å². The van der Waals surface area contributed by atoms with Crippen molar-refractivity contribution >= 4 is 11.8 Å². The minimum Gasteiger partial charge on any atom is -0.493 e. The molecule has 1 aromatic rings. The lowest BCUT2D eigenvalue weighted by Gasteiger charge is -2.38. The number of benzene rings is 1. The van der Waals surface area contributed by atoms with Gasteiger partial charge in [0, 0.05) is 47.8 Å². The predicted octanol–water partition coefficient (Wildman–Crippen LogP) is 2.08. The van der Waals surface area contributed by atoms with Gasteiger partial charge in [0.1, 0.15) is 11.9 Å². The first-order valence-electron chi connectivity index (χ1n) is 11.7. The van der Waals surface area contributed by atoms with Crippen molar-refractivity contribution < 1.29 is 28.5 Å². The van der Waals surface area contributed by atoms with E-state index in [0.29, 0.717) is 36.4 Å². The molecule has 1 aromatic carbocycles. The van der Waals surface area contributed by atoms with Crippen LogP contribution < -0.4 is 4.74 Å². The molecule has 9 nitrogen and oxygen atoms in total. The fourth-order valence-electron chi connectivity index (χ4n) is 4.64. The summed E-state index contributed by atoms with van der Waals surface area (Å²) in [5.74, 6) is -0.454. The Hall–Kier alpha value is -2.67. The summed E-state index contributed by atoms with van der Waals surface area (Å²) in [4.78, 5) is 29.7. The Morgan fingerprint density at radius 2 is 1.76 bits per heavy atom. The number of nitrogens with zero attached hydrogens (tertiary/aromatic N) is 3. The molecule has 5 atom stereocenters. The molecule has 2 aliphatic heterocycles. The number of methoxy groups -OCH3 is 2. The van der Waals surface area contributed by atoms with Gasteiger partial charge in [0.25, 0.3) is 5.91 Å². The number of hydrogen-bond donors (Lipinski definition) is 0. The summed E-state index contributed by atoms with van der Waals surface area (Å²) in [6, 6.07) is 6.90. The second-order valence-corrected chi connectivity index (χ2v) is 9.08. The van der Waals surface area contributed by atoms with Gasteiger partial charge in [-0.2, -0.15) is 5.26 Å². The number of fused-ring (bicyclic) bond motifs is 3. The van der Waals surface area contributed by atoms with Gasteiger partial charge in [-0.05, 0) is 31.0 Å². The molecule has 0 unspecified atom stereocenters. The molecule has 1 fully saturated rings. The van der Waals surface area contributed by atoms with E-state index in [9.17, 15) is 14.9 Å². The zero-order valence-electron chi connectivity index (χ0n) is 20.7. The lowest BCUT2D eigenvalue weighted by atomic mass is 9.97. The Morgan fingerprint density at radius 1 is 1.03 bits per heavy atom. The maximum atomic E-state index is 13.3. The summed E-state index contributed by atoms with van der Waals surface area (Å²) in [6.07, 6.45) is 1.39. The van der Waals surface area contributed by atoms with E-state index in [0.717, 1.165) is 12.8 Å². The van der Waals surface area contributed by atoms with Gasteiger partial charge in [-0.15, -0.1) is 0 Å². The lowest BCUT2D eigenvalue weighted by molar-refractivity contribution is -0.154. The van der Waals surface area contributed by atoms with E-state index in [1.807, 2.05) is 0 Å². The minimum atomic E-state index is -0.515. The average Bonchev–Trinajstić information content (AvgIpc) is 2.85. The largest absolute Gasteiger partial charge is 0.493 e. The quantitative estimate of drug-likeness (QED) is 0.648. The number of carbonyl (C=O) groups excluding carboxylic acids is 2. The molecule has 3 rings (SSSR count). The van der Waals surface area contributed by atoms with E-state index in [1.165, 1.54) is 18.1 Å². The monoisotopic (exact) mass is 473 g/mol. The first-order valence-corrected chi connectivity index (χ1v) is 11.7. The first kappa shape index (κ1) is 25.9. The predicted molar refractivity (Wildman–Crippen MR) is 125 cm³/mol. The molecule has 0 N–H and O–H groups in total. The van der Waals surface area contributed by atoms with Crippen LogP contribution in [0.25, 0.3) is 0 Å². The fraction of sp³-hybridized carbons (Fsp3) is 0.640. The van der Waals surface area contributed by atoms with Gasteiger partial charge in [0.2, 0.25) is 5.91 Å². The lowest BCUT2D eigenvalue weighted by Crippen LogP contribution is -2.50. The maximum Gasteiger partial charge on any atom is 0.257 e. The van der Waals surface area contributed by atoms with Crippen LogP contribution in [0.15, 0.2) is 18.2 Å². The van der Waals surface area contributed by atoms with E-state index in [4.69, 9.17) is 18.9 Å². The Balaban J connectivity index is 1.93. The second-order valence-electron chi connectivity index (χ2n) is 9.08.